The maximum Gasteiger partial charge on any atom is 0.418 e. The molecule has 0 saturated carbocycles. The average molecular weight is 343 g/mol. The minimum Gasteiger partial charge on any atom is -0.478 e. The highest BCUT2D eigenvalue weighted by atomic mass is 127. The second-order valence-electron chi connectivity index (χ2n) is 2.76. The first-order valence-corrected chi connectivity index (χ1v) is 5.02. The molecule has 1 rings (SSSR count). The third-order valence-electron chi connectivity index (χ3n) is 1.58. The van der Waals surface area contributed by atoms with Gasteiger partial charge in [0.15, 0.2) is 0 Å². The van der Waals surface area contributed by atoms with Gasteiger partial charge in [0.25, 0.3) is 0 Å². The molecule has 0 aromatic carbocycles. The van der Waals surface area contributed by atoms with Gasteiger partial charge in [-0.25, -0.2) is 4.79 Å². The fraction of sp³-hybridized carbons (Fsp3) is 0.111. The highest BCUT2D eigenvalue weighted by molar-refractivity contribution is 14.1. The topological polar surface area (TPSA) is 50.2 Å². The minimum absolute atomic E-state index is 0.0230. The van der Waals surface area contributed by atoms with Gasteiger partial charge in [0, 0.05) is 15.8 Å². The number of pyridine rings is 1. The normalized spacial score (nSPS) is 12.0. The molecule has 1 N–H and O–H groups in total. The molecule has 1 heterocycles. The first-order chi connectivity index (χ1) is 7.30. The number of hydrogen-bond donors (Lipinski definition) is 1. The standard InChI is InChI=1S/C9H5F3INO2/c10-9(11,12)6-4-14-5(3-7(6)13)1-2-8(15)16/h1-4H,(H,15,16)/b2-1+. The average Bonchev–Trinajstić information content (AvgIpc) is 2.12. The third-order valence-corrected chi connectivity index (χ3v) is 2.47. The summed E-state index contributed by atoms with van der Waals surface area (Å²) in [5.74, 6) is -1.18. The van der Waals surface area contributed by atoms with E-state index in [2.05, 4.69) is 4.98 Å². The van der Waals surface area contributed by atoms with Crippen LogP contribution >= 0.6 is 22.6 Å². The van der Waals surface area contributed by atoms with Gasteiger partial charge in [-0.05, 0) is 34.7 Å². The van der Waals surface area contributed by atoms with Gasteiger partial charge in [-0.2, -0.15) is 13.2 Å². The number of rotatable bonds is 2. The van der Waals surface area contributed by atoms with Gasteiger partial charge in [-0.3, -0.25) is 4.98 Å². The van der Waals surface area contributed by atoms with E-state index in [1.807, 2.05) is 0 Å². The molecule has 0 bridgehead atoms. The van der Waals surface area contributed by atoms with Crippen LogP contribution in [-0.2, 0) is 11.0 Å². The Bertz CT molecular complexity index is 443. The Morgan fingerprint density at radius 3 is 2.56 bits per heavy atom. The van der Waals surface area contributed by atoms with E-state index in [1.54, 1.807) is 0 Å². The van der Waals surface area contributed by atoms with Crippen molar-refractivity contribution in [2.24, 2.45) is 0 Å². The molecule has 0 spiro atoms. The first kappa shape index (κ1) is 12.9. The van der Waals surface area contributed by atoms with Crippen LogP contribution in [0.5, 0.6) is 0 Å². The number of halogens is 4. The van der Waals surface area contributed by atoms with Crippen molar-refractivity contribution in [1.29, 1.82) is 0 Å². The summed E-state index contributed by atoms with van der Waals surface area (Å²) in [6, 6.07) is 1.17. The van der Waals surface area contributed by atoms with E-state index in [9.17, 15) is 18.0 Å². The molecule has 0 aliphatic rings. The van der Waals surface area contributed by atoms with E-state index in [1.165, 1.54) is 28.7 Å². The Kier molecular flexibility index (Phi) is 3.89. The summed E-state index contributed by atoms with van der Waals surface area (Å²) in [5.41, 5.74) is -0.666. The van der Waals surface area contributed by atoms with Crippen molar-refractivity contribution in [3.63, 3.8) is 0 Å². The number of nitrogens with zero attached hydrogens (tertiary/aromatic N) is 1. The van der Waals surface area contributed by atoms with Gasteiger partial charge >= 0.3 is 12.1 Å². The molecule has 16 heavy (non-hydrogen) atoms. The molecule has 0 amide bonds. The van der Waals surface area contributed by atoms with E-state index in [0.717, 1.165) is 12.2 Å². The van der Waals surface area contributed by atoms with Crippen LogP contribution in [0.15, 0.2) is 18.3 Å². The Labute approximate surface area is 102 Å². The summed E-state index contributed by atoms with van der Waals surface area (Å²) < 4.78 is 37.0. The highest BCUT2D eigenvalue weighted by Crippen LogP contribution is 2.32. The van der Waals surface area contributed by atoms with Gasteiger partial charge in [0.2, 0.25) is 0 Å². The number of carboxylic acids is 1. The van der Waals surface area contributed by atoms with Crippen LogP contribution in [0.4, 0.5) is 13.2 Å². The predicted octanol–water partition coefficient (Wildman–Crippen LogP) is 2.80. The SMILES string of the molecule is O=C(O)/C=C/c1cc(I)c(C(F)(F)F)cn1. The molecular formula is C9H5F3INO2. The van der Waals surface area contributed by atoms with Gasteiger partial charge in [0.05, 0.1) is 11.3 Å². The van der Waals surface area contributed by atoms with Crippen molar-refractivity contribution < 1.29 is 23.1 Å². The molecule has 3 nitrogen and oxygen atoms in total. The van der Waals surface area contributed by atoms with Crippen LogP contribution in [0.3, 0.4) is 0 Å². The number of alkyl halides is 3. The summed E-state index contributed by atoms with van der Waals surface area (Å²) in [5, 5.41) is 8.33. The monoisotopic (exact) mass is 343 g/mol. The van der Waals surface area contributed by atoms with Crippen molar-refractivity contribution in [2.45, 2.75) is 6.18 Å². The summed E-state index contributed by atoms with van der Waals surface area (Å²) in [6.07, 6.45) is -1.82. The fourth-order valence-electron chi connectivity index (χ4n) is 0.902. The number of carboxylic acid groups (broad SMARTS) is 1. The zero-order chi connectivity index (χ0) is 12.3. The van der Waals surface area contributed by atoms with Crippen LogP contribution in [0.2, 0.25) is 0 Å². The molecule has 7 heteroatoms. The molecule has 0 fully saturated rings. The van der Waals surface area contributed by atoms with Gasteiger partial charge in [-0.1, -0.05) is 0 Å². The number of carbonyl (C=O) groups is 1. The second-order valence-corrected chi connectivity index (χ2v) is 3.92. The lowest BCUT2D eigenvalue weighted by molar-refractivity contribution is -0.138. The van der Waals surface area contributed by atoms with Crippen LogP contribution in [0, 0.1) is 3.57 Å². The Hall–Kier alpha value is -1.12. The molecular weight excluding hydrogens is 338 g/mol. The molecule has 1 aromatic heterocycles. The summed E-state index contributed by atoms with van der Waals surface area (Å²) in [6.45, 7) is 0. The Balaban J connectivity index is 3.05. The molecule has 0 radical (unpaired) electrons. The lowest BCUT2D eigenvalue weighted by Gasteiger charge is -2.08. The van der Waals surface area contributed by atoms with E-state index in [0.29, 0.717) is 6.20 Å². The highest BCUT2D eigenvalue weighted by Gasteiger charge is 2.33. The largest absolute Gasteiger partial charge is 0.478 e. The Morgan fingerprint density at radius 1 is 1.50 bits per heavy atom. The van der Waals surface area contributed by atoms with E-state index in [-0.39, 0.29) is 9.26 Å². The van der Waals surface area contributed by atoms with Crippen molar-refractivity contribution in [1.82, 2.24) is 4.98 Å². The maximum atomic E-state index is 12.3. The molecule has 1 aromatic rings. The predicted molar refractivity (Wildman–Crippen MR) is 58.6 cm³/mol. The fourth-order valence-corrected chi connectivity index (χ4v) is 1.67. The number of aromatic nitrogens is 1. The van der Waals surface area contributed by atoms with Crippen molar-refractivity contribution in [3.8, 4) is 0 Å². The van der Waals surface area contributed by atoms with Crippen molar-refractivity contribution in [2.75, 3.05) is 0 Å². The van der Waals surface area contributed by atoms with E-state index < -0.39 is 17.7 Å². The molecule has 0 aliphatic heterocycles. The van der Waals surface area contributed by atoms with Crippen molar-refractivity contribution >= 4 is 34.6 Å². The first-order valence-electron chi connectivity index (χ1n) is 3.94. The van der Waals surface area contributed by atoms with E-state index in [4.69, 9.17) is 5.11 Å². The van der Waals surface area contributed by atoms with Gasteiger partial charge in [-0.15, -0.1) is 0 Å². The number of aliphatic carboxylic acids is 1. The maximum absolute atomic E-state index is 12.3. The molecule has 86 valence electrons. The van der Waals surface area contributed by atoms with Crippen LogP contribution in [0.25, 0.3) is 6.08 Å². The molecule has 0 saturated heterocycles. The van der Waals surface area contributed by atoms with Gasteiger partial charge in [0.1, 0.15) is 0 Å². The summed E-state index contributed by atoms with van der Waals surface area (Å²) in [7, 11) is 0. The van der Waals surface area contributed by atoms with Crippen LogP contribution < -0.4 is 0 Å². The smallest absolute Gasteiger partial charge is 0.418 e. The summed E-state index contributed by atoms with van der Waals surface area (Å²) in [4.78, 5) is 13.7. The zero-order valence-corrected chi connectivity index (χ0v) is 9.78. The minimum atomic E-state index is -4.45. The van der Waals surface area contributed by atoms with Crippen molar-refractivity contribution in [3.05, 3.63) is 33.2 Å². The lowest BCUT2D eigenvalue weighted by atomic mass is 10.2. The summed E-state index contributed by atoms with van der Waals surface area (Å²) >= 11 is 1.53. The molecule has 0 atom stereocenters. The third kappa shape index (κ3) is 3.47. The Morgan fingerprint density at radius 2 is 2.12 bits per heavy atom. The second kappa shape index (κ2) is 4.81. The zero-order valence-electron chi connectivity index (χ0n) is 7.62. The van der Waals surface area contributed by atoms with E-state index >= 15 is 0 Å². The van der Waals surface area contributed by atoms with Crippen LogP contribution in [0.1, 0.15) is 11.3 Å². The lowest BCUT2D eigenvalue weighted by Crippen LogP contribution is -2.08. The van der Waals surface area contributed by atoms with Gasteiger partial charge < -0.3 is 5.11 Å². The molecule has 0 unspecified atom stereocenters. The quantitative estimate of drug-likeness (QED) is 0.664. The number of hydrogen-bond acceptors (Lipinski definition) is 2. The molecule has 0 aliphatic carbocycles. The van der Waals surface area contributed by atoms with Crippen LogP contribution in [-0.4, -0.2) is 16.1 Å².